The van der Waals surface area contributed by atoms with Gasteiger partial charge in [0.15, 0.2) is 0 Å². The highest BCUT2D eigenvalue weighted by molar-refractivity contribution is 7.92. The van der Waals surface area contributed by atoms with E-state index in [0.29, 0.717) is 18.7 Å². The summed E-state index contributed by atoms with van der Waals surface area (Å²) in [6.45, 7) is 7.93. The molecule has 0 radical (unpaired) electrons. The summed E-state index contributed by atoms with van der Waals surface area (Å²) in [6.07, 6.45) is 2.28. The van der Waals surface area contributed by atoms with Crippen molar-refractivity contribution in [3.05, 3.63) is 65.2 Å². The van der Waals surface area contributed by atoms with Gasteiger partial charge in [0.25, 0.3) is 0 Å². The summed E-state index contributed by atoms with van der Waals surface area (Å²) < 4.78 is 26.4. The molecule has 0 aliphatic rings. The van der Waals surface area contributed by atoms with Crippen molar-refractivity contribution < 1.29 is 18.0 Å². The first-order chi connectivity index (χ1) is 15.6. The van der Waals surface area contributed by atoms with E-state index in [0.717, 1.165) is 33.7 Å². The first-order valence-electron chi connectivity index (χ1n) is 11.2. The van der Waals surface area contributed by atoms with Gasteiger partial charge in [-0.05, 0) is 43.9 Å². The summed E-state index contributed by atoms with van der Waals surface area (Å²) in [5, 5.41) is 2.87. The Kier molecular flexibility index (Phi) is 9.46. The molecule has 33 heavy (non-hydrogen) atoms. The maximum absolute atomic E-state index is 13.6. The van der Waals surface area contributed by atoms with E-state index >= 15 is 0 Å². The Morgan fingerprint density at radius 1 is 1.00 bits per heavy atom. The van der Waals surface area contributed by atoms with Crippen LogP contribution in [0.3, 0.4) is 0 Å². The van der Waals surface area contributed by atoms with Crippen LogP contribution in [-0.2, 0) is 26.2 Å². The van der Waals surface area contributed by atoms with E-state index in [9.17, 15) is 18.0 Å². The smallest absolute Gasteiger partial charge is 0.244 e. The molecule has 0 saturated heterocycles. The number of hydrogen-bond donors (Lipinski definition) is 1. The molecule has 1 atom stereocenters. The lowest BCUT2D eigenvalue weighted by molar-refractivity contribution is -0.140. The van der Waals surface area contributed by atoms with E-state index in [1.807, 2.05) is 51.1 Å². The van der Waals surface area contributed by atoms with E-state index < -0.39 is 22.0 Å². The molecule has 0 aliphatic carbocycles. The van der Waals surface area contributed by atoms with Gasteiger partial charge in [-0.3, -0.25) is 13.9 Å². The molecule has 0 unspecified atom stereocenters. The van der Waals surface area contributed by atoms with Gasteiger partial charge < -0.3 is 10.2 Å². The number of rotatable bonds is 11. The van der Waals surface area contributed by atoms with Crippen molar-refractivity contribution in [3.63, 3.8) is 0 Å². The fourth-order valence-electron chi connectivity index (χ4n) is 3.61. The number of hydrogen-bond acceptors (Lipinski definition) is 4. The summed E-state index contributed by atoms with van der Waals surface area (Å²) in [5.41, 5.74) is 3.16. The van der Waals surface area contributed by atoms with Crippen molar-refractivity contribution >= 4 is 27.5 Å². The summed E-state index contributed by atoms with van der Waals surface area (Å²) in [7, 11) is -3.73. The van der Waals surface area contributed by atoms with E-state index in [2.05, 4.69) is 5.32 Å². The number of carbonyl (C=O) groups is 2. The molecule has 8 heteroatoms. The molecule has 2 rings (SSSR count). The van der Waals surface area contributed by atoms with E-state index in [-0.39, 0.29) is 19.0 Å². The van der Waals surface area contributed by atoms with Crippen molar-refractivity contribution in [2.75, 3.05) is 23.7 Å². The van der Waals surface area contributed by atoms with Crippen LogP contribution < -0.4 is 9.62 Å². The van der Waals surface area contributed by atoms with Crippen molar-refractivity contribution in [3.8, 4) is 0 Å². The molecule has 0 saturated carbocycles. The molecule has 2 aromatic rings. The van der Waals surface area contributed by atoms with Crippen molar-refractivity contribution in [2.45, 2.75) is 53.1 Å². The van der Waals surface area contributed by atoms with Gasteiger partial charge in [-0.1, -0.05) is 61.9 Å². The van der Waals surface area contributed by atoms with Crippen LogP contribution in [-0.4, -0.2) is 50.5 Å². The van der Waals surface area contributed by atoms with Crippen LogP contribution in [0.4, 0.5) is 5.69 Å². The minimum absolute atomic E-state index is 0.211. The maximum atomic E-state index is 13.6. The summed E-state index contributed by atoms with van der Waals surface area (Å²) in [6, 6.07) is 14.1. The average Bonchev–Trinajstić information content (AvgIpc) is 2.77. The third-order valence-electron chi connectivity index (χ3n) is 5.47. The minimum Gasteiger partial charge on any atom is -0.354 e. The van der Waals surface area contributed by atoms with Crippen LogP contribution in [0.1, 0.15) is 43.4 Å². The van der Waals surface area contributed by atoms with Gasteiger partial charge >= 0.3 is 0 Å². The number of benzene rings is 2. The fourth-order valence-corrected chi connectivity index (χ4v) is 4.52. The number of nitrogens with zero attached hydrogens (tertiary/aromatic N) is 2. The second kappa shape index (κ2) is 11.8. The maximum Gasteiger partial charge on any atom is 0.244 e. The van der Waals surface area contributed by atoms with Gasteiger partial charge in [0.1, 0.15) is 12.6 Å². The lowest BCUT2D eigenvalue weighted by atomic mass is 10.1. The molecular formula is C25H35N3O4S. The van der Waals surface area contributed by atoms with Crippen LogP contribution in [0, 0.1) is 13.8 Å². The summed E-state index contributed by atoms with van der Waals surface area (Å²) >= 11 is 0. The topological polar surface area (TPSA) is 86.8 Å². The molecule has 0 bridgehead atoms. The van der Waals surface area contributed by atoms with E-state index in [1.54, 1.807) is 25.1 Å². The molecule has 0 spiro atoms. The molecule has 180 valence electrons. The largest absolute Gasteiger partial charge is 0.354 e. The Hall–Kier alpha value is -2.87. The number of amides is 2. The first-order valence-corrected chi connectivity index (χ1v) is 13.1. The number of anilines is 1. The fraction of sp³-hybridized carbons (Fsp3) is 0.440. The Morgan fingerprint density at radius 3 is 2.18 bits per heavy atom. The Morgan fingerprint density at radius 2 is 1.64 bits per heavy atom. The van der Waals surface area contributed by atoms with E-state index in [1.165, 1.54) is 4.90 Å². The summed E-state index contributed by atoms with van der Waals surface area (Å²) in [4.78, 5) is 28.0. The molecule has 2 amide bonds. The van der Waals surface area contributed by atoms with Crippen LogP contribution in [0.5, 0.6) is 0 Å². The first kappa shape index (κ1) is 26.4. The number of sulfonamides is 1. The molecule has 0 heterocycles. The van der Waals surface area contributed by atoms with Crippen LogP contribution in [0.2, 0.25) is 0 Å². The van der Waals surface area contributed by atoms with E-state index in [4.69, 9.17) is 0 Å². The lowest BCUT2D eigenvalue weighted by Gasteiger charge is -2.33. The predicted octanol–water partition coefficient (Wildman–Crippen LogP) is 3.40. The highest BCUT2D eigenvalue weighted by Crippen LogP contribution is 2.23. The zero-order chi connectivity index (χ0) is 24.6. The van der Waals surface area contributed by atoms with Gasteiger partial charge in [0.05, 0.1) is 11.9 Å². The van der Waals surface area contributed by atoms with Gasteiger partial charge in [-0.25, -0.2) is 8.42 Å². The Labute approximate surface area is 197 Å². The third kappa shape index (κ3) is 7.32. The quantitative estimate of drug-likeness (QED) is 0.542. The predicted molar refractivity (Wildman–Crippen MR) is 132 cm³/mol. The third-order valence-corrected chi connectivity index (χ3v) is 6.60. The van der Waals surface area contributed by atoms with Gasteiger partial charge in [0.2, 0.25) is 21.8 Å². The molecule has 1 N–H and O–H groups in total. The lowest BCUT2D eigenvalue weighted by Crippen LogP contribution is -2.52. The Balaban J connectivity index is 2.42. The van der Waals surface area contributed by atoms with Gasteiger partial charge in [-0.15, -0.1) is 0 Å². The molecular weight excluding hydrogens is 438 g/mol. The van der Waals surface area contributed by atoms with Crippen LogP contribution >= 0.6 is 0 Å². The van der Waals surface area contributed by atoms with Crippen molar-refractivity contribution in [2.24, 2.45) is 0 Å². The standard InChI is InChI=1S/C25H35N3O4S/c1-6-16-26-25(30)22(7-2)27(17-21-14-12-19(3)13-15-21)24(29)18-28(33(5,31)32)23-11-9-8-10-20(23)4/h8-15,22H,6-7,16-18H2,1-5H3,(H,26,30)/t22-/m0/s1. The zero-order valence-corrected chi connectivity index (χ0v) is 21.0. The number of carbonyl (C=O) groups excluding carboxylic acids is 2. The van der Waals surface area contributed by atoms with Crippen LogP contribution in [0.25, 0.3) is 0 Å². The highest BCUT2D eigenvalue weighted by Gasteiger charge is 2.31. The number of aryl methyl sites for hydroxylation is 2. The van der Waals surface area contributed by atoms with Crippen molar-refractivity contribution in [1.29, 1.82) is 0 Å². The highest BCUT2D eigenvalue weighted by atomic mass is 32.2. The zero-order valence-electron chi connectivity index (χ0n) is 20.2. The molecule has 7 nitrogen and oxygen atoms in total. The molecule has 0 fully saturated rings. The number of para-hydroxylation sites is 1. The minimum atomic E-state index is -3.73. The summed E-state index contributed by atoms with van der Waals surface area (Å²) in [5.74, 6) is -0.663. The normalized spacial score (nSPS) is 12.2. The SMILES string of the molecule is CCCNC(=O)[C@H](CC)N(Cc1ccc(C)cc1)C(=O)CN(c1ccccc1C)S(C)(=O)=O. The second-order valence-electron chi connectivity index (χ2n) is 8.28. The van der Waals surface area contributed by atoms with Crippen molar-refractivity contribution in [1.82, 2.24) is 10.2 Å². The molecule has 0 aliphatic heterocycles. The monoisotopic (exact) mass is 473 g/mol. The van der Waals surface area contributed by atoms with Crippen LogP contribution in [0.15, 0.2) is 48.5 Å². The second-order valence-corrected chi connectivity index (χ2v) is 10.2. The molecule has 2 aromatic carbocycles. The average molecular weight is 474 g/mol. The van der Waals surface area contributed by atoms with Gasteiger partial charge in [0, 0.05) is 13.1 Å². The van der Waals surface area contributed by atoms with Gasteiger partial charge in [-0.2, -0.15) is 0 Å². The Bertz CT molecular complexity index is 1050. The number of nitrogens with one attached hydrogen (secondary N) is 1. The molecule has 0 aromatic heterocycles.